The first-order chi connectivity index (χ1) is 12.4. The molecule has 0 bridgehead atoms. The van der Waals surface area contributed by atoms with Crippen LogP contribution >= 0.6 is 27.3 Å². The Labute approximate surface area is 170 Å². The van der Waals surface area contributed by atoms with E-state index in [1.807, 2.05) is 37.6 Å². The van der Waals surface area contributed by atoms with Gasteiger partial charge in [-0.1, -0.05) is 6.07 Å². The number of anilines is 1. The third-order valence-electron chi connectivity index (χ3n) is 4.07. The topological polar surface area (TPSA) is 41.9 Å². The molecule has 1 aromatic heterocycles. The summed E-state index contributed by atoms with van der Waals surface area (Å²) < 4.78 is 23.3. The fourth-order valence-corrected chi connectivity index (χ4v) is 4.53. The third kappa shape index (κ3) is 4.63. The lowest BCUT2D eigenvalue weighted by atomic mass is 10.0. The Balaban J connectivity index is 1.98. The largest absolute Gasteiger partial charge is 0.378 e. The van der Waals surface area contributed by atoms with Crippen molar-refractivity contribution in [2.45, 2.75) is 25.5 Å². The van der Waals surface area contributed by atoms with Crippen LogP contribution in [0.4, 0.5) is 5.69 Å². The van der Waals surface area contributed by atoms with Crippen molar-refractivity contribution >= 4 is 49.7 Å². The molecule has 0 amide bonds. The molecule has 26 heavy (non-hydrogen) atoms. The molecule has 0 radical (unpaired) electrons. The number of halogens is 1. The van der Waals surface area contributed by atoms with E-state index < -0.39 is 15.7 Å². The zero-order valence-electron chi connectivity index (χ0n) is 15.2. The van der Waals surface area contributed by atoms with Gasteiger partial charge in [0, 0.05) is 34.1 Å². The Morgan fingerprint density at radius 1 is 1.23 bits per heavy atom. The number of hydrogen-bond donors (Lipinski definition) is 0. The highest BCUT2D eigenvalue weighted by molar-refractivity contribution is 9.10. The lowest BCUT2D eigenvalue weighted by Gasteiger charge is -2.30. The SMILES string of the molecule is CC(C)(C)S(=O)N=C(c1ccsc1)c1ccc(N2CCOCC2)c(Br)c1. The van der Waals surface area contributed by atoms with E-state index in [2.05, 4.69) is 43.4 Å². The molecule has 4 nitrogen and oxygen atoms in total. The molecular weight excluding hydrogens is 432 g/mol. The van der Waals surface area contributed by atoms with Gasteiger partial charge < -0.3 is 9.64 Å². The summed E-state index contributed by atoms with van der Waals surface area (Å²) in [6.45, 7) is 9.09. The molecule has 3 rings (SSSR count). The molecule has 140 valence electrons. The van der Waals surface area contributed by atoms with Gasteiger partial charge in [0.15, 0.2) is 0 Å². The maximum atomic E-state index is 12.6. The molecule has 2 heterocycles. The van der Waals surface area contributed by atoms with Gasteiger partial charge in [0.2, 0.25) is 0 Å². The minimum Gasteiger partial charge on any atom is -0.378 e. The van der Waals surface area contributed by atoms with Gasteiger partial charge in [-0.3, -0.25) is 0 Å². The molecule has 0 aliphatic carbocycles. The van der Waals surface area contributed by atoms with Crippen LogP contribution in [0.2, 0.25) is 0 Å². The second kappa shape index (κ2) is 8.33. The Morgan fingerprint density at radius 3 is 2.54 bits per heavy atom. The van der Waals surface area contributed by atoms with E-state index in [4.69, 9.17) is 4.74 Å². The number of benzene rings is 1. The first-order valence-corrected chi connectivity index (χ1v) is 11.4. The van der Waals surface area contributed by atoms with E-state index in [9.17, 15) is 4.21 Å². The quantitative estimate of drug-likeness (QED) is 0.631. The average Bonchev–Trinajstić information content (AvgIpc) is 3.13. The van der Waals surface area contributed by atoms with E-state index in [1.165, 1.54) is 0 Å². The van der Waals surface area contributed by atoms with Crippen LogP contribution in [0.5, 0.6) is 0 Å². The van der Waals surface area contributed by atoms with E-state index >= 15 is 0 Å². The Bertz CT molecular complexity index is 807. The molecule has 0 spiro atoms. The van der Waals surface area contributed by atoms with Crippen LogP contribution in [0.3, 0.4) is 0 Å². The summed E-state index contributed by atoms with van der Waals surface area (Å²) in [6, 6.07) is 8.26. The Kier molecular flexibility index (Phi) is 6.33. The molecule has 0 saturated carbocycles. The van der Waals surface area contributed by atoms with Crippen LogP contribution in [-0.2, 0) is 15.7 Å². The molecule has 1 fully saturated rings. The summed E-state index contributed by atoms with van der Waals surface area (Å²) in [5.41, 5.74) is 3.89. The third-order valence-corrected chi connectivity index (χ3v) is 6.78. The minimum atomic E-state index is -1.32. The molecule has 1 aliphatic heterocycles. The van der Waals surface area contributed by atoms with Crippen molar-refractivity contribution in [2.24, 2.45) is 4.40 Å². The normalized spacial score (nSPS) is 17.4. The first kappa shape index (κ1) is 19.7. The van der Waals surface area contributed by atoms with E-state index in [-0.39, 0.29) is 0 Å². The monoisotopic (exact) mass is 454 g/mol. The van der Waals surface area contributed by atoms with Crippen molar-refractivity contribution in [3.63, 3.8) is 0 Å². The fourth-order valence-electron chi connectivity index (χ4n) is 2.61. The number of rotatable bonds is 4. The fraction of sp³-hybridized carbons (Fsp3) is 0.421. The number of morpholine rings is 1. The van der Waals surface area contributed by atoms with E-state index in [1.54, 1.807) is 11.3 Å². The standard InChI is InChI=1S/C19H23BrN2O2S2/c1-19(2,3)26(23)21-18(15-6-11-25-13-15)14-4-5-17(16(20)12-14)22-7-9-24-10-8-22/h4-6,11-13H,7-10H2,1-3H3. The van der Waals surface area contributed by atoms with Crippen molar-refractivity contribution in [3.05, 3.63) is 50.6 Å². The predicted molar refractivity (Wildman–Crippen MR) is 115 cm³/mol. The van der Waals surface area contributed by atoms with Gasteiger partial charge in [-0.05, 0) is 60.3 Å². The predicted octanol–water partition coefficient (Wildman–Crippen LogP) is 4.65. The zero-order chi connectivity index (χ0) is 18.7. The van der Waals surface area contributed by atoms with E-state index in [0.29, 0.717) is 0 Å². The molecule has 1 aromatic carbocycles. The number of thiophene rings is 1. The van der Waals surface area contributed by atoms with Gasteiger partial charge in [-0.2, -0.15) is 15.7 Å². The zero-order valence-corrected chi connectivity index (χ0v) is 18.4. The summed E-state index contributed by atoms with van der Waals surface area (Å²) in [6.07, 6.45) is 0. The molecular formula is C19H23BrN2O2S2. The van der Waals surface area contributed by atoms with Gasteiger partial charge in [0.1, 0.15) is 11.0 Å². The lowest BCUT2D eigenvalue weighted by Crippen LogP contribution is -2.36. The second-order valence-corrected chi connectivity index (χ2v) is 10.6. The Hall–Kier alpha value is -1.02. The van der Waals surface area contributed by atoms with Crippen LogP contribution in [0.25, 0.3) is 0 Å². The molecule has 7 heteroatoms. The minimum absolute atomic E-state index is 0.397. The molecule has 1 unspecified atom stereocenters. The summed E-state index contributed by atoms with van der Waals surface area (Å²) in [4.78, 5) is 2.31. The van der Waals surface area contributed by atoms with Gasteiger partial charge in [-0.25, -0.2) is 4.21 Å². The highest BCUT2D eigenvalue weighted by atomic mass is 79.9. The van der Waals surface area contributed by atoms with Crippen LogP contribution in [0, 0.1) is 0 Å². The molecule has 1 saturated heterocycles. The van der Waals surface area contributed by atoms with Gasteiger partial charge in [0.05, 0.1) is 29.4 Å². The highest BCUT2D eigenvalue weighted by Gasteiger charge is 2.22. The van der Waals surface area contributed by atoms with Crippen LogP contribution < -0.4 is 4.90 Å². The lowest BCUT2D eigenvalue weighted by molar-refractivity contribution is 0.122. The highest BCUT2D eigenvalue weighted by Crippen LogP contribution is 2.30. The van der Waals surface area contributed by atoms with Crippen molar-refractivity contribution < 1.29 is 8.95 Å². The summed E-state index contributed by atoms with van der Waals surface area (Å²) >= 11 is 5.32. The first-order valence-electron chi connectivity index (χ1n) is 8.52. The number of ether oxygens (including phenoxy) is 1. The van der Waals surface area contributed by atoms with Crippen molar-refractivity contribution in [2.75, 3.05) is 31.2 Å². The van der Waals surface area contributed by atoms with Gasteiger partial charge >= 0.3 is 0 Å². The molecule has 1 atom stereocenters. The molecule has 1 aliphatic rings. The maximum absolute atomic E-state index is 12.6. The summed E-state index contributed by atoms with van der Waals surface area (Å²) in [5.74, 6) is 0. The van der Waals surface area contributed by atoms with E-state index in [0.717, 1.165) is 53.3 Å². The summed E-state index contributed by atoms with van der Waals surface area (Å²) in [7, 11) is -1.32. The van der Waals surface area contributed by atoms with Crippen molar-refractivity contribution in [3.8, 4) is 0 Å². The molecule has 0 N–H and O–H groups in total. The van der Waals surface area contributed by atoms with Gasteiger partial charge in [-0.15, -0.1) is 0 Å². The van der Waals surface area contributed by atoms with Crippen LogP contribution in [0.1, 0.15) is 31.9 Å². The maximum Gasteiger partial charge on any atom is 0.145 e. The average molecular weight is 455 g/mol. The van der Waals surface area contributed by atoms with Gasteiger partial charge in [0.25, 0.3) is 0 Å². The second-order valence-electron chi connectivity index (χ2n) is 7.08. The number of nitrogens with zero attached hydrogens (tertiary/aromatic N) is 2. The molecule has 2 aromatic rings. The smallest absolute Gasteiger partial charge is 0.145 e. The van der Waals surface area contributed by atoms with Crippen LogP contribution in [0.15, 0.2) is 43.9 Å². The van der Waals surface area contributed by atoms with Crippen LogP contribution in [-0.4, -0.2) is 41.0 Å². The van der Waals surface area contributed by atoms with Crippen molar-refractivity contribution in [1.82, 2.24) is 0 Å². The Morgan fingerprint density at radius 2 is 1.96 bits per heavy atom. The summed E-state index contributed by atoms with van der Waals surface area (Å²) in [5, 5.41) is 4.06. The van der Waals surface area contributed by atoms with Crippen molar-refractivity contribution in [1.29, 1.82) is 0 Å². The number of hydrogen-bond acceptors (Lipinski definition) is 4.